The van der Waals surface area contributed by atoms with Gasteiger partial charge in [0, 0.05) is 7.05 Å². The highest BCUT2D eigenvalue weighted by Gasteiger charge is 2.31. The van der Waals surface area contributed by atoms with Gasteiger partial charge in [-0.3, -0.25) is 10.1 Å². The summed E-state index contributed by atoms with van der Waals surface area (Å²) in [4.78, 5) is 24.4. The first-order chi connectivity index (χ1) is 13.4. The van der Waals surface area contributed by atoms with E-state index in [1.807, 2.05) is 0 Å². The van der Waals surface area contributed by atoms with Crippen molar-refractivity contribution in [1.82, 2.24) is 10.6 Å². The summed E-state index contributed by atoms with van der Waals surface area (Å²) in [6.07, 6.45) is 5.34. The van der Waals surface area contributed by atoms with Crippen LogP contribution >= 0.6 is 0 Å². The van der Waals surface area contributed by atoms with E-state index in [0.29, 0.717) is 17.7 Å². The average Bonchev–Trinajstić information content (AvgIpc) is 2.67. The number of unbranched alkanes of at least 4 members (excludes halogenated alkanes) is 4. The topological polar surface area (TPSA) is 114 Å². The predicted molar refractivity (Wildman–Crippen MR) is 107 cm³/mol. The number of hydrogen-bond acceptors (Lipinski definition) is 6. The molecule has 0 saturated heterocycles. The van der Waals surface area contributed by atoms with Gasteiger partial charge < -0.3 is 10.1 Å². The van der Waals surface area contributed by atoms with Crippen LogP contribution in [0.3, 0.4) is 0 Å². The molecule has 2 N–H and O–H groups in total. The number of methoxy groups -OCH3 is 1. The van der Waals surface area contributed by atoms with Crippen LogP contribution in [0.4, 0.5) is 4.79 Å². The van der Waals surface area contributed by atoms with E-state index in [-0.39, 0.29) is 0 Å². The van der Waals surface area contributed by atoms with Gasteiger partial charge in [0.15, 0.2) is 0 Å². The molecule has 1 aromatic rings. The van der Waals surface area contributed by atoms with Crippen molar-refractivity contribution in [2.24, 2.45) is 4.36 Å². The van der Waals surface area contributed by atoms with Crippen LogP contribution < -0.4 is 15.4 Å². The average molecular weight is 412 g/mol. The highest BCUT2D eigenvalue weighted by molar-refractivity contribution is 7.61. The molecule has 1 rings (SSSR count). The van der Waals surface area contributed by atoms with Gasteiger partial charge in [0.1, 0.15) is 5.75 Å². The molecule has 0 radical (unpaired) electrons. The molecule has 3 amide bonds. The second kappa shape index (κ2) is 12.9. The van der Waals surface area contributed by atoms with Crippen molar-refractivity contribution in [1.29, 1.82) is 0 Å². The van der Waals surface area contributed by atoms with Gasteiger partial charge in [-0.15, -0.1) is 0 Å². The highest BCUT2D eigenvalue weighted by atomic mass is 32.2. The molecule has 2 atom stereocenters. The zero-order chi connectivity index (χ0) is 20.9. The maximum atomic E-state index is 12.8. The number of imide groups is 1. The summed E-state index contributed by atoms with van der Waals surface area (Å²) < 4.78 is 31.5. The Morgan fingerprint density at radius 1 is 1.11 bits per heavy atom. The Kier molecular flexibility index (Phi) is 10.9. The van der Waals surface area contributed by atoms with E-state index in [1.54, 1.807) is 24.3 Å². The number of benzene rings is 1. The van der Waals surface area contributed by atoms with E-state index >= 15 is 0 Å². The number of carbonyl (C=O) groups is 2. The molecule has 0 saturated carbocycles. The van der Waals surface area contributed by atoms with E-state index in [1.165, 1.54) is 14.2 Å². The number of amides is 3. The van der Waals surface area contributed by atoms with Gasteiger partial charge in [0.2, 0.25) is 5.91 Å². The number of nitrogens with zero attached hydrogens (tertiary/aromatic N) is 1. The van der Waals surface area contributed by atoms with Crippen LogP contribution in [0.1, 0.15) is 56.9 Å². The Hall–Kier alpha value is -2.42. The molecule has 1 aromatic carbocycles. The van der Waals surface area contributed by atoms with E-state index in [9.17, 15) is 18.0 Å². The van der Waals surface area contributed by atoms with Crippen LogP contribution in [0.5, 0.6) is 5.75 Å². The Labute approximate surface area is 167 Å². The van der Waals surface area contributed by atoms with Crippen LogP contribution in [0.2, 0.25) is 0 Å². The minimum atomic E-state index is -2.67. The Bertz CT molecular complexity index is 754. The van der Waals surface area contributed by atoms with Crippen LogP contribution in [-0.2, 0) is 15.3 Å². The normalized spacial score (nSPS) is 12.5. The van der Waals surface area contributed by atoms with E-state index in [2.05, 4.69) is 21.9 Å². The van der Waals surface area contributed by atoms with E-state index in [0.717, 1.165) is 32.1 Å². The fraction of sp³-hybridized carbons (Fsp3) is 0.579. The summed E-state index contributed by atoms with van der Waals surface area (Å²) in [7, 11) is 0.258. The molecule has 0 aromatic heterocycles. The van der Waals surface area contributed by atoms with Gasteiger partial charge in [0.05, 0.1) is 19.1 Å². The van der Waals surface area contributed by atoms with Crippen molar-refractivity contribution in [2.45, 2.75) is 57.4 Å². The largest absolute Gasteiger partial charge is 0.497 e. The van der Waals surface area contributed by atoms with Gasteiger partial charge in [-0.25, -0.2) is 4.79 Å². The SMILES string of the molecule is CCCCCCCC(N=S(=O)=O)C(C(=O)NC(=O)NC)c1ccc(OC)cc1. The van der Waals surface area contributed by atoms with Crippen LogP contribution in [-0.4, -0.2) is 40.6 Å². The molecule has 0 aliphatic rings. The number of hydrogen-bond donors (Lipinski definition) is 2. The lowest BCUT2D eigenvalue weighted by Gasteiger charge is -2.22. The van der Waals surface area contributed by atoms with Crippen LogP contribution in [0.25, 0.3) is 0 Å². The fourth-order valence-electron chi connectivity index (χ4n) is 2.96. The molecule has 0 fully saturated rings. The number of urea groups is 1. The lowest BCUT2D eigenvalue weighted by atomic mass is 9.87. The zero-order valence-corrected chi connectivity index (χ0v) is 17.4. The molecular formula is C19H29N3O5S. The van der Waals surface area contributed by atoms with Crippen LogP contribution in [0.15, 0.2) is 28.6 Å². The first-order valence-corrected chi connectivity index (χ1v) is 10.4. The number of nitrogens with one attached hydrogen (secondary N) is 2. The molecule has 9 heteroatoms. The van der Waals surface area contributed by atoms with Crippen molar-refractivity contribution in [3.05, 3.63) is 29.8 Å². The predicted octanol–water partition coefficient (Wildman–Crippen LogP) is 3.03. The van der Waals surface area contributed by atoms with E-state index in [4.69, 9.17) is 4.74 Å². The standard InChI is InChI=1S/C19H29N3O5S/c1-4-5-6-7-8-9-16(22-28(25)26)17(18(23)21-19(24)20-2)14-10-12-15(27-3)13-11-14/h10-13,16-17H,4-9H2,1-3H3,(H2,20,21,23,24). The van der Waals surface area contributed by atoms with Gasteiger partial charge in [-0.2, -0.15) is 12.8 Å². The summed E-state index contributed by atoms with van der Waals surface area (Å²) in [6, 6.07) is 5.27. The van der Waals surface area contributed by atoms with Gasteiger partial charge >= 0.3 is 16.5 Å². The summed E-state index contributed by atoms with van der Waals surface area (Å²) >= 11 is 0. The molecule has 0 aliphatic heterocycles. The lowest BCUT2D eigenvalue weighted by Crippen LogP contribution is -2.42. The van der Waals surface area contributed by atoms with Gasteiger partial charge in [-0.1, -0.05) is 51.2 Å². The Morgan fingerprint density at radius 3 is 2.29 bits per heavy atom. The number of carbonyl (C=O) groups excluding carboxylic acids is 2. The molecule has 0 bridgehead atoms. The second-order valence-corrected chi connectivity index (χ2v) is 7.06. The molecule has 0 heterocycles. The molecule has 28 heavy (non-hydrogen) atoms. The monoisotopic (exact) mass is 411 g/mol. The highest BCUT2D eigenvalue weighted by Crippen LogP contribution is 2.28. The second-order valence-electron chi connectivity index (χ2n) is 6.41. The molecule has 0 spiro atoms. The molecular weight excluding hydrogens is 382 g/mol. The Balaban J connectivity index is 3.15. The number of ether oxygens (including phenoxy) is 1. The lowest BCUT2D eigenvalue weighted by molar-refractivity contribution is -0.121. The quantitative estimate of drug-likeness (QED) is 0.543. The third-order valence-corrected chi connectivity index (χ3v) is 4.87. The first-order valence-electron chi connectivity index (χ1n) is 9.39. The van der Waals surface area contributed by atoms with Crippen molar-refractivity contribution in [3.63, 3.8) is 0 Å². The number of rotatable bonds is 11. The smallest absolute Gasteiger partial charge is 0.321 e. The van der Waals surface area contributed by atoms with E-state index < -0.39 is 34.4 Å². The maximum absolute atomic E-state index is 12.8. The van der Waals surface area contributed by atoms with Crippen molar-refractivity contribution < 1.29 is 22.7 Å². The van der Waals surface area contributed by atoms with Crippen molar-refractivity contribution in [2.75, 3.05) is 14.2 Å². The first kappa shape index (κ1) is 23.6. The Morgan fingerprint density at radius 2 is 1.75 bits per heavy atom. The maximum Gasteiger partial charge on any atom is 0.321 e. The van der Waals surface area contributed by atoms with Gasteiger partial charge in [-0.05, 0) is 24.1 Å². The third-order valence-electron chi connectivity index (χ3n) is 4.43. The minimum absolute atomic E-state index is 0.426. The minimum Gasteiger partial charge on any atom is -0.497 e. The summed E-state index contributed by atoms with van der Waals surface area (Å²) in [5.74, 6) is -0.903. The zero-order valence-electron chi connectivity index (χ0n) is 16.6. The molecule has 0 aliphatic carbocycles. The molecule has 156 valence electrons. The summed E-state index contributed by atoms with van der Waals surface area (Å²) in [6.45, 7) is 2.11. The summed E-state index contributed by atoms with van der Waals surface area (Å²) in [5.41, 5.74) is 0.565. The van der Waals surface area contributed by atoms with Gasteiger partial charge in [0.25, 0.3) is 0 Å². The van der Waals surface area contributed by atoms with Crippen molar-refractivity contribution >= 4 is 22.4 Å². The summed E-state index contributed by atoms with van der Waals surface area (Å²) in [5, 5.41) is 4.56. The van der Waals surface area contributed by atoms with Crippen molar-refractivity contribution in [3.8, 4) is 5.75 Å². The molecule has 2 unspecified atom stereocenters. The third kappa shape index (κ3) is 8.08. The molecule has 8 nitrogen and oxygen atoms in total. The van der Waals surface area contributed by atoms with Crippen LogP contribution in [0, 0.1) is 0 Å². The fourth-order valence-corrected chi connectivity index (χ4v) is 3.41.